The predicted molar refractivity (Wildman–Crippen MR) is 78.5 cm³/mol. The molecule has 0 unspecified atom stereocenters. The van der Waals surface area contributed by atoms with Gasteiger partial charge in [-0.05, 0) is 18.4 Å². The summed E-state index contributed by atoms with van der Waals surface area (Å²) in [6.45, 7) is 0. The van der Waals surface area contributed by atoms with Gasteiger partial charge in [-0.25, -0.2) is 8.42 Å². The summed E-state index contributed by atoms with van der Waals surface area (Å²) in [6, 6.07) is 9.81. The molecule has 0 saturated heterocycles. The van der Waals surface area contributed by atoms with E-state index in [1.165, 1.54) is 6.26 Å². The largest absolute Gasteiger partial charge is 0.229 e. The molecule has 0 atom stereocenters. The van der Waals surface area contributed by atoms with Gasteiger partial charge in [0.2, 0.25) is 0 Å². The van der Waals surface area contributed by atoms with E-state index in [9.17, 15) is 8.42 Å². The zero-order valence-corrected chi connectivity index (χ0v) is 12.7. The van der Waals surface area contributed by atoms with E-state index in [1.807, 2.05) is 30.3 Å². The van der Waals surface area contributed by atoms with Crippen LogP contribution in [0.5, 0.6) is 0 Å². The lowest BCUT2D eigenvalue weighted by Gasteiger charge is -2.30. The molecular weight excluding hydrogens is 291 g/mol. The normalized spacial score (nSPS) is 12.6. The summed E-state index contributed by atoms with van der Waals surface area (Å²) in [5.74, 6) is 0.962. The first-order valence-corrected chi connectivity index (χ1v) is 8.92. The first-order valence-electron chi connectivity index (χ1n) is 5.79. The van der Waals surface area contributed by atoms with E-state index < -0.39 is 9.84 Å². The molecule has 102 valence electrons. The summed E-state index contributed by atoms with van der Waals surface area (Å²) in [5, 5.41) is 0. The smallest absolute Gasteiger partial charge is 0.147 e. The highest BCUT2D eigenvalue weighted by Gasteiger charge is 2.30. The van der Waals surface area contributed by atoms with Crippen molar-refractivity contribution in [3.05, 3.63) is 35.9 Å². The molecule has 0 aliphatic heterocycles. The summed E-state index contributed by atoms with van der Waals surface area (Å²) in [5.41, 5.74) is 0.734. The van der Waals surface area contributed by atoms with Crippen LogP contribution < -0.4 is 0 Å². The fourth-order valence-electron chi connectivity index (χ4n) is 1.93. The highest BCUT2D eigenvalue weighted by atomic mass is 35.5. The van der Waals surface area contributed by atoms with Crippen LogP contribution in [0.1, 0.15) is 18.4 Å². The minimum atomic E-state index is -2.93. The predicted octanol–water partition coefficient (Wildman–Crippen LogP) is 3.23. The fraction of sp³-hybridized carbons (Fsp3) is 0.538. The van der Waals surface area contributed by atoms with E-state index in [4.69, 9.17) is 23.2 Å². The highest BCUT2D eigenvalue weighted by molar-refractivity contribution is 7.90. The summed E-state index contributed by atoms with van der Waals surface area (Å²) < 4.78 is 22.3. The van der Waals surface area contributed by atoms with Crippen molar-refractivity contribution in [1.82, 2.24) is 0 Å². The second-order valence-corrected chi connectivity index (χ2v) is 7.44. The summed E-state index contributed by atoms with van der Waals surface area (Å²) in [6.07, 6.45) is 2.50. The van der Waals surface area contributed by atoms with Crippen molar-refractivity contribution in [2.24, 2.45) is 0 Å². The molecule has 0 amide bonds. The second kappa shape index (κ2) is 6.78. The molecule has 0 saturated carbocycles. The van der Waals surface area contributed by atoms with Crippen LogP contribution in [0.25, 0.3) is 0 Å². The lowest BCUT2D eigenvalue weighted by Crippen LogP contribution is -2.31. The van der Waals surface area contributed by atoms with E-state index >= 15 is 0 Å². The van der Waals surface area contributed by atoms with E-state index in [0.29, 0.717) is 24.6 Å². The number of halogens is 2. The molecule has 5 heteroatoms. The van der Waals surface area contributed by atoms with Crippen molar-refractivity contribution >= 4 is 33.0 Å². The first kappa shape index (κ1) is 15.8. The Morgan fingerprint density at radius 3 is 2.11 bits per heavy atom. The van der Waals surface area contributed by atoms with Crippen molar-refractivity contribution in [3.8, 4) is 0 Å². The van der Waals surface area contributed by atoms with Gasteiger partial charge in [-0.3, -0.25) is 0 Å². The van der Waals surface area contributed by atoms with Gasteiger partial charge >= 0.3 is 0 Å². The van der Waals surface area contributed by atoms with Gasteiger partial charge in [0.25, 0.3) is 0 Å². The van der Waals surface area contributed by atoms with Crippen LogP contribution in [-0.2, 0) is 15.3 Å². The molecule has 0 aliphatic carbocycles. The van der Waals surface area contributed by atoms with Crippen molar-refractivity contribution in [2.45, 2.75) is 18.3 Å². The number of hydrogen-bond donors (Lipinski definition) is 0. The maximum Gasteiger partial charge on any atom is 0.147 e. The van der Waals surface area contributed by atoms with E-state index in [1.54, 1.807) is 0 Å². The standard InChI is InChI=1S/C13H18Cl2O2S/c1-18(16,17)9-5-8-13(10-14,11-15)12-6-3-2-4-7-12/h2-4,6-7H,5,8-11H2,1H3. The Morgan fingerprint density at radius 1 is 1.11 bits per heavy atom. The third-order valence-electron chi connectivity index (χ3n) is 3.07. The van der Waals surface area contributed by atoms with Crippen molar-refractivity contribution < 1.29 is 8.42 Å². The maximum atomic E-state index is 11.2. The van der Waals surface area contributed by atoms with Gasteiger partial charge in [-0.1, -0.05) is 30.3 Å². The summed E-state index contributed by atoms with van der Waals surface area (Å²) in [4.78, 5) is 0. The van der Waals surface area contributed by atoms with Gasteiger partial charge < -0.3 is 0 Å². The average Bonchev–Trinajstić information content (AvgIpc) is 2.35. The summed E-state index contributed by atoms with van der Waals surface area (Å²) in [7, 11) is -2.93. The minimum absolute atomic E-state index is 0.176. The fourth-order valence-corrected chi connectivity index (χ4v) is 3.46. The second-order valence-electron chi connectivity index (χ2n) is 4.65. The number of hydrogen-bond acceptors (Lipinski definition) is 2. The quantitative estimate of drug-likeness (QED) is 0.725. The molecule has 0 aromatic heterocycles. The Bertz CT molecular complexity index is 453. The molecule has 0 bridgehead atoms. The van der Waals surface area contributed by atoms with Crippen LogP contribution in [-0.4, -0.2) is 32.2 Å². The number of rotatable bonds is 7. The molecule has 0 radical (unpaired) electrons. The van der Waals surface area contributed by atoms with Gasteiger partial charge in [0.1, 0.15) is 9.84 Å². The number of sulfone groups is 1. The van der Waals surface area contributed by atoms with Gasteiger partial charge in [0.05, 0.1) is 0 Å². The van der Waals surface area contributed by atoms with Gasteiger partial charge in [-0.2, -0.15) is 0 Å². The zero-order valence-electron chi connectivity index (χ0n) is 10.4. The highest BCUT2D eigenvalue weighted by Crippen LogP contribution is 2.32. The third-order valence-corrected chi connectivity index (χ3v) is 5.12. The molecule has 1 aromatic carbocycles. The molecule has 1 aromatic rings. The molecule has 2 nitrogen and oxygen atoms in total. The topological polar surface area (TPSA) is 34.1 Å². The van der Waals surface area contributed by atoms with Crippen LogP contribution in [0.15, 0.2) is 30.3 Å². The van der Waals surface area contributed by atoms with Crippen LogP contribution in [0.2, 0.25) is 0 Å². The van der Waals surface area contributed by atoms with Crippen LogP contribution in [0, 0.1) is 0 Å². The Labute approximate surface area is 119 Å². The lowest BCUT2D eigenvalue weighted by molar-refractivity contribution is 0.483. The van der Waals surface area contributed by atoms with E-state index in [2.05, 4.69) is 0 Å². The molecular formula is C13H18Cl2O2S. The van der Waals surface area contributed by atoms with Crippen LogP contribution in [0.3, 0.4) is 0 Å². The zero-order chi connectivity index (χ0) is 13.6. The summed E-state index contributed by atoms with van der Waals surface area (Å²) >= 11 is 12.2. The third kappa shape index (κ3) is 4.45. The molecule has 0 fully saturated rings. The SMILES string of the molecule is CS(=O)(=O)CCCC(CCl)(CCl)c1ccccc1. The Kier molecular flexibility index (Phi) is 5.96. The Hall–Kier alpha value is -0.250. The molecule has 18 heavy (non-hydrogen) atoms. The van der Waals surface area contributed by atoms with Crippen molar-refractivity contribution in [1.29, 1.82) is 0 Å². The Balaban J connectivity index is 2.82. The molecule has 1 rings (SSSR count). The Morgan fingerprint density at radius 2 is 1.67 bits per heavy atom. The van der Waals surface area contributed by atoms with Gasteiger partial charge in [0, 0.05) is 29.2 Å². The van der Waals surface area contributed by atoms with Crippen LogP contribution >= 0.6 is 23.2 Å². The maximum absolute atomic E-state index is 11.2. The monoisotopic (exact) mass is 308 g/mol. The number of alkyl halides is 2. The van der Waals surface area contributed by atoms with E-state index in [-0.39, 0.29) is 11.2 Å². The van der Waals surface area contributed by atoms with Crippen molar-refractivity contribution in [3.63, 3.8) is 0 Å². The molecule has 0 aliphatic rings. The average molecular weight is 309 g/mol. The van der Waals surface area contributed by atoms with Crippen LogP contribution in [0.4, 0.5) is 0 Å². The molecule has 0 heterocycles. The molecule has 0 N–H and O–H groups in total. The molecule has 0 spiro atoms. The van der Waals surface area contributed by atoms with Gasteiger partial charge in [0.15, 0.2) is 0 Å². The first-order chi connectivity index (χ1) is 8.43. The van der Waals surface area contributed by atoms with E-state index in [0.717, 1.165) is 5.56 Å². The minimum Gasteiger partial charge on any atom is -0.229 e. The van der Waals surface area contributed by atoms with Crippen molar-refractivity contribution in [2.75, 3.05) is 23.8 Å². The number of benzene rings is 1. The lowest BCUT2D eigenvalue weighted by atomic mass is 9.80. The van der Waals surface area contributed by atoms with Gasteiger partial charge in [-0.15, -0.1) is 23.2 Å².